The number of thioether (sulfide) groups is 1. The summed E-state index contributed by atoms with van der Waals surface area (Å²) in [6.45, 7) is 1.77. The van der Waals surface area contributed by atoms with Crippen LogP contribution in [0.1, 0.15) is 5.56 Å². The zero-order valence-corrected chi connectivity index (χ0v) is 15.3. The second-order valence-electron chi connectivity index (χ2n) is 5.51. The minimum atomic E-state index is -0.478. The van der Waals surface area contributed by atoms with Crippen LogP contribution in [-0.2, 0) is 4.79 Å². The highest BCUT2D eigenvalue weighted by molar-refractivity contribution is 7.99. The highest BCUT2D eigenvalue weighted by atomic mass is 35.5. The van der Waals surface area contributed by atoms with Gasteiger partial charge in [-0.05, 0) is 36.8 Å². The molecule has 3 rings (SSSR count). The molecule has 3 N–H and O–H groups in total. The Balaban J connectivity index is 1.66. The van der Waals surface area contributed by atoms with E-state index in [2.05, 4.69) is 15.5 Å². The maximum absolute atomic E-state index is 13.8. The van der Waals surface area contributed by atoms with Crippen LogP contribution in [0.5, 0.6) is 0 Å². The van der Waals surface area contributed by atoms with Crippen LogP contribution in [0.25, 0.3) is 11.4 Å². The molecule has 0 spiro atoms. The summed E-state index contributed by atoms with van der Waals surface area (Å²) in [7, 11) is 0. The molecule has 1 aromatic heterocycles. The van der Waals surface area contributed by atoms with Gasteiger partial charge in [0.25, 0.3) is 0 Å². The van der Waals surface area contributed by atoms with Gasteiger partial charge in [-0.15, -0.1) is 10.2 Å². The number of rotatable bonds is 5. The Labute approximate surface area is 158 Å². The zero-order valence-electron chi connectivity index (χ0n) is 13.7. The van der Waals surface area contributed by atoms with E-state index in [1.165, 1.54) is 16.8 Å². The monoisotopic (exact) mass is 391 g/mol. The Morgan fingerprint density at radius 1 is 1.31 bits per heavy atom. The number of nitrogens with one attached hydrogen (secondary N) is 1. The number of nitrogens with two attached hydrogens (primary N) is 1. The molecule has 1 heterocycles. The van der Waals surface area contributed by atoms with E-state index in [-0.39, 0.29) is 17.3 Å². The van der Waals surface area contributed by atoms with E-state index in [1.54, 1.807) is 37.3 Å². The van der Waals surface area contributed by atoms with Gasteiger partial charge in [-0.25, -0.2) is 9.07 Å². The third kappa shape index (κ3) is 4.14. The molecule has 0 aliphatic rings. The lowest BCUT2D eigenvalue weighted by Crippen LogP contribution is -2.17. The largest absolute Gasteiger partial charge is 0.335 e. The van der Waals surface area contributed by atoms with Gasteiger partial charge in [-0.2, -0.15) is 0 Å². The minimum Gasteiger partial charge on any atom is -0.335 e. The molecule has 2 aromatic carbocycles. The van der Waals surface area contributed by atoms with Crippen molar-refractivity contribution in [2.45, 2.75) is 12.1 Å². The number of halogens is 2. The standard InChI is InChI=1S/C17H15ClFN5OS/c1-10-5-6-14(13(19)7-10)21-15(25)9-26-17-23-22-16(24(17)20)11-3-2-4-12(18)8-11/h2-8H,9,20H2,1H3,(H,21,25). The summed E-state index contributed by atoms with van der Waals surface area (Å²) in [6.07, 6.45) is 0. The number of carbonyl (C=O) groups excluding carboxylic acids is 1. The summed E-state index contributed by atoms with van der Waals surface area (Å²) >= 11 is 7.07. The van der Waals surface area contributed by atoms with Gasteiger partial charge in [0.1, 0.15) is 5.82 Å². The molecule has 1 amide bonds. The molecule has 134 valence electrons. The van der Waals surface area contributed by atoms with Crippen molar-refractivity contribution in [1.29, 1.82) is 0 Å². The maximum Gasteiger partial charge on any atom is 0.234 e. The summed E-state index contributed by atoms with van der Waals surface area (Å²) in [6, 6.07) is 11.7. The Hall–Kier alpha value is -2.58. The van der Waals surface area contributed by atoms with Crippen LogP contribution in [0.15, 0.2) is 47.6 Å². The van der Waals surface area contributed by atoms with Gasteiger partial charge in [0.05, 0.1) is 11.4 Å². The fourth-order valence-corrected chi connectivity index (χ4v) is 3.08. The second kappa shape index (κ2) is 7.76. The van der Waals surface area contributed by atoms with Gasteiger partial charge in [0.15, 0.2) is 5.82 Å². The number of benzene rings is 2. The van der Waals surface area contributed by atoms with Gasteiger partial charge in [0, 0.05) is 10.6 Å². The van der Waals surface area contributed by atoms with Crippen LogP contribution < -0.4 is 11.2 Å². The summed E-state index contributed by atoms with van der Waals surface area (Å²) in [5.41, 5.74) is 1.63. The van der Waals surface area contributed by atoms with Gasteiger partial charge in [-0.3, -0.25) is 4.79 Å². The molecule has 0 radical (unpaired) electrons. The molecule has 0 atom stereocenters. The molecule has 0 aliphatic carbocycles. The van der Waals surface area contributed by atoms with Crippen molar-refractivity contribution in [3.63, 3.8) is 0 Å². The van der Waals surface area contributed by atoms with E-state index in [1.807, 2.05) is 0 Å². The number of amides is 1. The predicted molar refractivity (Wildman–Crippen MR) is 101 cm³/mol. The SMILES string of the molecule is Cc1ccc(NC(=O)CSc2nnc(-c3cccc(Cl)c3)n2N)c(F)c1. The third-order valence-electron chi connectivity index (χ3n) is 3.48. The fourth-order valence-electron chi connectivity index (χ4n) is 2.24. The van der Waals surface area contributed by atoms with Crippen molar-refractivity contribution in [2.24, 2.45) is 0 Å². The molecular weight excluding hydrogens is 377 g/mol. The number of nitrogen functional groups attached to an aromatic ring is 1. The van der Waals surface area contributed by atoms with Gasteiger partial charge >= 0.3 is 0 Å². The van der Waals surface area contributed by atoms with Crippen molar-refractivity contribution in [1.82, 2.24) is 14.9 Å². The molecule has 9 heteroatoms. The Bertz CT molecular complexity index is 962. The number of hydrogen-bond acceptors (Lipinski definition) is 5. The lowest BCUT2D eigenvalue weighted by atomic mass is 10.2. The summed E-state index contributed by atoms with van der Waals surface area (Å²) < 4.78 is 15.1. The first-order valence-corrected chi connectivity index (χ1v) is 8.95. The molecule has 0 saturated carbocycles. The lowest BCUT2D eigenvalue weighted by Gasteiger charge is -2.07. The van der Waals surface area contributed by atoms with Gasteiger partial charge in [0.2, 0.25) is 11.1 Å². The Morgan fingerprint density at radius 3 is 2.85 bits per heavy atom. The minimum absolute atomic E-state index is 0.0121. The number of aromatic nitrogens is 3. The smallest absolute Gasteiger partial charge is 0.234 e. The highest BCUT2D eigenvalue weighted by Gasteiger charge is 2.15. The molecule has 0 saturated heterocycles. The topological polar surface area (TPSA) is 85.8 Å². The number of aryl methyl sites for hydroxylation is 1. The fraction of sp³-hybridized carbons (Fsp3) is 0.118. The molecule has 6 nitrogen and oxygen atoms in total. The average Bonchev–Trinajstić information content (AvgIpc) is 2.96. The van der Waals surface area contributed by atoms with Crippen LogP contribution in [0.3, 0.4) is 0 Å². The van der Waals surface area contributed by atoms with E-state index < -0.39 is 5.82 Å². The van der Waals surface area contributed by atoms with Crippen molar-refractivity contribution in [3.05, 3.63) is 58.9 Å². The van der Waals surface area contributed by atoms with Gasteiger partial charge in [-0.1, -0.05) is 41.6 Å². The van der Waals surface area contributed by atoms with E-state index in [9.17, 15) is 9.18 Å². The van der Waals surface area contributed by atoms with Crippen LogP contribution in [0.2, 0.25) is 5.02 Å². The normalized spacial score (nSPS) is 10.7. The van der Waals surface area contributed by atoms with E-state index in [0.29, 0.717) is 21.6 Å². The van der Waals surface area contributed by atoms with Crippen molar-refractivity contribution >= 4 is 35.0 Å². The first kappa shape index (κ1) is 18.2. The molecule has 0 unspecified atom stereocenters. The first-order valence-electron chi connectivity index (χ1n) is 7.59. The van der Waals surface area contributed by atoms with E-state index in [4.69, 9.17) is 17.4 Å². The maximum atomic E-state index is 13.8. The number of carbonyl (C=O) groups is 1. The van der Waals surface area contributed by atoms with Gasteiger partial charge < -0.3 is 11.2 Å². The summed E-state index contributed by atoms with van der Waals surface area (Å²) in [5.74, 6) is 5.60. The Kier molecular flexibility index (Phi) is 5.43. The van der Waals surface area contributed by atoms with E-state index >= 15 is 0 Å². The predicted octanol–water partition coefficient (Wildman–Crippen LogP) is 3.49. The zero-order chi connectivity index (χ0) is 18.7. The van der Waals surface area contributed by atoms with Crippen LogP contribution in [0.4, 0.5) is 10.1 Å². The average molecular weight is 392 g/mol. The summed E-state index contributed by atoms with van der Waals surface area (Å²) in [4.78, 5) is 12.0. The van der Waals surface area contributed by atoms with Crippen molar-refractivity contribution in [2.75, 3.05) is 16.9 Å². The van der Waals surface area contributed by atoms with Crippen LogP contribution in [-0.4, -0.2) is 26.5 Å². The number of nitrogens with zero attached hydrogens (tertiary/aromatic N) is 3. The van der Waals surface area contributed by atoms with Crippen molar-refractivity contribution in [3.8, 4) is 11.4 Å². The molecular formula is C17H15ClFN5OS. The highest BCUT2D eigenvalue weighted by Crippen LogP contribution is 2.24. The van der Waals surface area contributed by atoms with Crippen LogP contribution >= 0.6 is 23.4 Å². The molecule has 26 heavy (non-hydrogen) atoms. The third-order valence-corrected chi connectivity index (χ3v) is 4.66. The van der Waals surface area contributed by atoms with E-state index in [0.717, 1.165) is 17.3 Å². The number of anilines is 1. The molecule has 3 aromatic rings. The summed E-state index contributed by atoms with van der Waals surface area (Å²) in [5, 5.41) is 11.5. The number of hydrogen-bond donors (Lipinski definition) is 2. The van der Waals surface area contributed by atoms with Crippen molar-refractivity contribution < 1.29 is 9.18 Å². The quantitative estimate of drug-likeness (QED) is 0.513. The molecule has 0 aliphatic heterocycles. The second-order valence-corrected chi connectivity index (χ2v) is 6.89. The first-order chi connectivity index (χ1) is 12.4. The van der Waals surface area contributed by atoms with Crippen LogP contribution in [0, 0.1) is 12.7 Å². The molecule has 0 bridgehead atoms. The lowest BCUT2D eigenvalue weighted by molar-refractivity contribution is -0.113. The Morgan fingerprint density at radius 2 is 2.12 bits per heavy atom. The molecule has 0 fully saturated rings.